The average Bonchev–Trinajstić information content (AvgIpc) is 3.14. The van der Waals surface area contributed by atoms with Crippen molar-refractivity contribution in [3.8, 4) is 0 Å². The predicted octanol–water partition coefficient (Wildman–Crippen LogP) is -4.04. The minimum atomic E-state index is -5.17. The molecular weight excluding hydrogens is 388 g/mol. The summed E-state index contributed by atoms with van der Waals surface area (Å²) in [5, 5.41) is 0. The van der Waals surface area contributed by atoms with Crippen LogP contribution < -0.4 is 32.6 Å². The molecule has 27 heavy (non-hydrogen) atoms. The number of imidazole rings is 2. The molecule has 17 heteroatoms. The van der Waals surface area contributed by atoms with Gasteiger partial charge in [0.15, 0.2) is 12.7 Å². The molecule has 10 N–H and O–H groups in total. The second-order valence-electron chi connectivity index (χ2n) is 4.62. The smallest absolute Gasteiger partial charge is 0.309 e. The van der Waals surface area contributed by atoms with Gasteiger partial charge < -0.3 is 20.6 Å². The van der Waals surface area contributed by atoms with Gasteiger partial charge >= 0.3 is 11.3 Å². The zero-order chi connectivity index (χ0) is 20.2. The number of rotatable bonds is 0. The first kappa shape index (κ1) is 19.5. The molecule has 0 aliphatic rings. The van der Waals surface area contributed by atoms with E-state index in [4.69, 9.17) is 29.0 Å². The number of H-pyrrole nitrogens is 6. The van der Waals surface area contributed by atoms with Gasteiger partial charge in [-0.15, -0.1) is 0 Å². The highest BCUT2D eigenvalue weighted by Gasteiger charge is 2.09. The lowest BCUT2D eigenvalue weighted by Crippen LogP contribution is -2.13. The Labute approximate surface area is 147 Å². The van der Waals surface area contributed by atoms with Crippen LogP contribution in [0.5, 0.6) is 0 Å². The molecule has 0 spiro atoms. The summed E-state index contributed by atoms with van der Waals surface area (Å²) in [6, 6.07) is 0. The van der Waals surface area contributed by atoms with Crippen LogP contribution in [-0.4, -0.2) is 47.4 Å². The minimum Gasteiger partial charge on any atom is -0.759 e. The van der Waals surface area contributed by atoms with Gasteiger partial charge in [0.05, 0.1) is 0 Å². The second-order valence-corrected chi connectivity index (χ2v) is 5.44. The topological polar surface area (TPSA) is 284 Å². The first-order valence-corrected chi connectivity index (χ1v) is 8.03. The summed E-state index contributed by atoms with van der Waals surface area (Å²) in [7, 11) is -5.17. The molecule has 4 aromatic heterocycles. The number of aromatic nitrogens is 8. The molecule has 0 saturated heterocycles. The first-order chi connectivity index (χ1) is 12.5. The molecule has 4 heterocycles. The van der Waals surface area contributed by atoms with E-state index < -0.39 is 10.4 Å². The van der Waals surface area contributed by atoms with E-state index in [0.717, 1.165) is 0 Å². The van der Waals surface area contributed by atoms with Crippen molar-refractivity contribution < 1.29 is 27.5 Å². The number of fused-ring (bicyclic) bond motifs is 2. The highest BCUT2D eigenvalue weighted by molar-refractivity contribution is 7.79. The Morgan fingerprint density at radius 1 is 0.852 bits per heavy atom. The normalized spacial score (nSPS) is 10.7. The Bertz CT molecular complexity index is 1190. The largest absolute Gasteiger partial charge is 0.759 e. The summed E-state index contributed by atoms with van der Waals surface area (Å²) >= 11 is 0. The molecule has 0 bridgehead atoms. The fourth-order valence-corrected chi connectivity index (χ4v) is 1.81. The van der Waals surface area contributed by atoms with Crippen molar-refractivity contribution in [2.24, 2.45) is 0 Å². The molecular formula is C10H12N10O6S. The van der Waals surface area contributed by atoms with Crippen LogP contribution in [0.1, 0.15) is 0 Å². The van der Waals surface area contributed by atoms with E-state index >= 15 is 0 Å². The number of nitrogens with two attached hydrogens (primary N) is 2. The molecule has 0 aliphatic carbocycles. The third kappa shape index (κ3) is 5.59. The number of hydrogen-bond acceptors (Lipinski definition) is 10. The molecule has 0 aromatic carbocycles. The minimum absolute atomic E-state index is 0.110. The summed E-state index contributed by atoms with van der Waals surface area (Å²) in [5.74, 6) is 0.219. The Morgan fingerprint density at radius 3 is 1.52 bits per heavy atom. The molecule has 16 nitrogen and oxygen atoms in total. The van der Waals surface area contributed by atoms with E-state index in [2.05, 4.69) is 39.9 Å². The Kier molecular flexibility index (Phi) is 5.48. The van der Waals surface area contributed by atoms with Crippen molar-refractivity contribution in [1.82, 2.24) is 29.9 Å². The van der Waals surface area contributed by atoms with Crippen LogP contribution in [0, 0.1) is 0 Å². The molecule has 0 aliphatic heterocycles. The van der Waals surface area contributed by atoms with E-state index in [9.17, 15) is 9.59 Å². The van der Waals surface area contributed by atoms with E-state index in [1.807, 2.05) is 0 Å². The van der Waals surface area contributed by atoms with Gasteiger partial charge in [-0.1, -0.05) is 9.97 Å². The lowest BCUT2D eigenvalue weighted by atomic mass is 10.5. The number of nitrogen functional groups attached to an aromatic ring is 2. The number of nitrogens with zero attached hydrogens (tertiary/aromatic N) is 2. The molecule has 0 amide bonds. The fraction of sp³-hybridized carbons (Fsp3) is 0. The first-order valence-electron chi connectivity index (χ1n) is 6.70. The highest BCUT2D eigenvalue weighted by atomic mass is 32.3. The highest BCUT2D eigenvalue weighted by Crippen LogP contribution is 1.95. The van der Waals surface area contributed by atoms with Crippen molar-refractivity contribution >= 4 is 44.6 Å². The van der Waals surface area contributed by atoms with Crippen molar-refractivity contribution in [2.45, 2.75) is 0 Å². The molecule has 4 rings (SSSR count). The third-order valence-electron chi connectivity index (χ3n) is 2.73. The lowest BCUT2D eigenvalue weighted by Gasteiger charge is -2.06. The van der Waals surface area contributed by atoms with Gasteiger partial charge in [0.2, 0.25) is 11.0 Å². The van der Waals surface area contributed by atoms with Gasteiger partial charge in [0.25, 0.3) is 23.0 Å². The zero-order valence-corrected chi connectivity index (χ0v) is 13.9. The maximum absolute atomic E-state index is 11.0. The van der Waals surface area contributed by atoms with E-state index in [1.165, 1.54) is 12.7 Å². The predicted molar refractivity (Wildman–Crippen MR) is 85.8 cm³/mol. The molecule has 4 aromatic rings. The summed E-state index contributed by atoms with van der Waals surface area (Å²) < 4.78 is 34.1. The molecule has 0 atom stereocenters. The molecule has 0 radical (unpaired) electrons. The molecule has 0 saturated carbocycles. The number of hydrogen-bond donors (Lipinski definition) is 6. The van der Waals surface area contributed by atoms with Crippen LogP contribution in [0.15, 0.2) is 22.2 Å². The summed E-state index contributed by atoms with van der Waals surface area (Å²) in [5.41, 5.74) is 11.8. The van der Waals surface area contributed by atoms with Crippen LogP contribution in [0.4, 0.5) is 11.9 Å². The van der Waals surface area contributed by atoms with Gasteiger partial charge in [-0.3, -0.25) is 37.9 Å². The number of aromatic amines is 6. The standard InChI is InChI=1S/2C5H5N5O.H2O4S/c2*6-5-9-3-2(4(11)10-5)7-1-8-3;1-5(2,3)4/h2*1H,(H4,6,7,8,9,10,11);(H2,1,2,3,4). The summed E-state index contributed by atoms with van der Waals surface area (Å²) in [4.78, 5) is 45.3. The Balaban J connectivity index is 0.000000157. The van der Waals surface area contributed by atoms with Crippen molar-refractivity contribution in [2.75, 3.05) is 11.5 Å². The maximum atomic E-state index is 11.0. The number of anilines is 2. The van der Waals surface area contributed by atoms with Crippen LogP contribution in [0.3, 0.4) is 0 Å². The van der Waals surface area contributed by atoms with Crippen LogP contribution >= 0.6 is 0 Å². The van der Waals surface area contributed by atoms with Gasteiger partial charge in [-0.2, -0.15) is 0 Å². The average molecular weight is 400 g/mol. The van der Waals surface area contributed by atoms with Crippen molar-refractivity contribution in [3.05, 3.63) is 33.4 Å². The van der Waals surface area contributed by atoms with Crippen molar-refractivity contribution in [1.29, 1.82) is 0 Å². The molecule has 0 fully saturated rings. The van der Waals surface area contributed by atoms with Gasteiger partial charge in [0.1, 0.15) is 0 Å². The third-order valence-corrected chi connectivity index (χ3v) is 2.73. The van der Waals surface area contributed by atoms with Gasteiger partial charge in [-0.25, -0.2) is 9.97 Å². The van der Waals surface area contributed by atoms with E-state index in [0.29, 0.717) is 22.3 Å². The molecule has 0 unspecified atom stereocenters. The quantitative estimate of drug-likeness (QED) is 0.123. The van der Waals surface area contributed by atoms with Crippen molar-refractivity contribution in [3.63, 3.8) is 0 Å². The van der Waals surface area contributed by atoms with Crippen LogP contribution in [0.25, 0.3) is 22.3 Å². The van der Waals surface area contributed by atoms with Crippen LogP contribution in [0.2, 0.25) is 0 Å². The van der Waals surface area contributed by atoms with Crippen LogP contribution in [-0.2, 0) is 10.4 Å². The number of nitrogens with one attached hydrogen (secondary N) is 6. The fourth-order valence-electron chi connectivity index (χ4n) is 1.81. The second kappa shape index (κ2) is 7.59. The Morgan fingerprint density at radius 2 is 1.19 bits per heavy atom. The van der Waals surface area contributed by atoms with E-state index in [-0.39, 0.29) is 23.0 Å². The van der Waals surface area contributed by atoms with Gasteiger partial charge in [0, 0.05) is 10.4 Å². The van der Waals surface area contributed by atoms with E-state index in [1.54, 1.807) is 0 Å². The Hall–Kier alpha value is -3.83. The van der Waals surface area contributed by atoms with Gasteiger partial charge in [-0.05, 0) is 0 Å². The SMILES string of the molecule is Nc1nc2[nH+]c[nH]c2c(=O)[nH]1.Nc1nc2[nH+]c[nH]c2c(=O)[nH]1.O=S(=O)([O-])[O-]. The zero-order valence-electron chi connectivity index (χ0n) is 13.1. The maximum Gasteiger partial charge on any atom is 0.309 e. The summed E-state index contributed by atoms with van der Waals surface area (Å²) in [6.45, 7) is 0. The summed E-state index contributed by atoms with van der Waals surface area (Å²) in [6.07, 6.45) is 3.04. The monoisotopic (exact) mass is 400 g/mol. The lowest BCUT2D eigenvalue weighted by molar-refractivity contribution is -0.347. The molecule has 144 valence electrons.